The van der Waals surface area contributed by atoms with Gasteiger partial charge in [-0.3, -0.25) is 19.2 Å². The summed E-state index contributed by atoms with van der Waals surface area (Å²) in [5.74, 6) is 0.932. The molecule has 0 saturated carbocycles. The number of carbonyl (C=O) groups is 4. The summed E-state index contributed by atoms with van der Waals surface area (Å²) in [6, 6.07) is 0. The van der Waals surface area contributed by atoms with Gasteiger partial charge in [0.2, 0.25) is 0 Å². The molecule has 0 atom stereocenters. The van der Waals surface area contributed by atoms with E-state index in [1.807, 2.05) is 27.7 Å². The van der Waals surface area contributed by atoms with Gasteiger partial charge in [0.15, 0.2) is 0 Å². The van der Waals surface area contributed by atoms with Crippen LogP contribution in [-0.2, 0) is 19.2 Å². The van der Waals surface area contributed by atoms with E-state index in [0.29, 0.717) is 32.1 Å². The highest BCUT2D eigenvalue weighted by Crippen LogP contribution is 2.25. The van der Waals surface area contributed by atoms with Crippen LogP contribution in [0.15, 0.2) is 0 Å². The zero-order chi connectivity index (χ0) is 22.5. The summed E-state index contributed by atoms with van der Waals surface area (Å²) in [5.41, 5.74) is -0.512. The number of unbranched alkanes of at least 4 members (excludes halogenated alkanes) is 4. The third-order valence-electron chi connectivity index (χ3n) is 6.33. The number of ketones is 4. The van der Waals surface area contributed by atoms with Crippen LogP contribution in [0.2, 0.25) is 0 Å². The van der Waals surface area contributed by atoms with Crippen molar-refractivity contribution in [3.05, 3.63) is 0 Å². The second kappa shape index (κ2) is 13.8. The molecule has 0 N–H and O–H groups in total. The van der Waals surface area contributed by atoms with Crippen molar-refractivity contribution in [3.8, 4) is 0 Å². The Bertz CT molecular complexity index is 495. The summed E-state index contributed by atoms with van der Waals surface area (Å²) in [4.78, 5) is 46.9. The minimum Gasteiger partial charge on any atom is -0.300 e. The first-order valence-electron chi connectivity index (χ1n) is 11.4. The zero-order valence-corrected chi connectivity index (χ0v) is 19.8. The third-order valence-corrected chi connectivity index (χ3v) is 6.33. The van der Waals surface area contributed by atoms with Crippen LogP contribution < -0.4 is 0 Å². The highest BCUT2D eigenvalue weighted by atomic mass is 16.1. The van der Waals surface area contributed by atoms with E-state index in [4.69, 9.17) is 0 Å². The largest absolute Gasteiger partial charge is 0.300 e. The predicted molar refractivity (Wildman–Crippen MR) is 119 cm³/mol. The number of hydrogen-bond acceptors (Lipinski definition) is 4. The molecule has 0 unspecified atom stereocenters. The van der Waals surface area contributed by atoms with Crippen molar-refractivity contribution in [1.29, 1.82) is 0 Å². The SMILES string of the molecule is CC(=O)C(C)(C)CCCCCC(=O)CCCC(=O)CCCCCC(C)(C)C(C)=O. The molecule has 0 rings (SSSR count). The molecule has 4 heteroatoms. The molecule has 0 aliphatic heterocycles. The van der Waals surface area contributed by atoms with E-state index in [-0.39, 0.29) is 34.0 Å². The first kappa shape index (κ1) is 27.7. The summed E-state index contributed by atoms with van der Waals surface area (Å²) in [7, 11) is 0. The van der Waals surface area contributed by atoms with Crippen LogP contribution in [0.1, 0.15) is 125 Å². The van der Waals surface area contributed by atoms with E-state index in [1.165, 1.54) is 0 Å². The first-order chi connectivity index (χ1) is 13.4. The summed E-state index contributed by atoms with van der Waals surface area (Å²) >= 11 is 0. The first-order valence-corrected chi connectivity index (χ1v) is 11.4. The van der Waals surface area contributed by atoms with Gasteiger partial charge in [-0.15, -0.1) is 0 Å². The smallest absolute Gasteiger partial charge is 0.135 e. The lowest BCUT2D eigenvalue weighted by atomic mass is 9.83. The minimum atomic E-state index is -0.256. The lowest BCUT2D eigenvalue weighted by Crippen LogP contribution is -2.20. The Morgan fingerprint density at radius 3 is 1.10 bits per heavy atom. The number of hydrogen-bond donors (Lipinski definition) is 0. The van der Waals surface area contributed by atoms with Crippen molar-refractivity contribution in [2.45, 2.75) is 125 Å². The van der Waals surface area contributed by atoms with Gasteiger partial charge in [0.25, 0.3) is 0 Å². The Morgan fingerprint density at radius 1 is 0.483 bits per heavy atom. The van der Waals surface area contributed by atoms with E-state index in [0.717, 1.165) is 51.4 Å². The second-order valence-corrected chi connectivity index (χ2v) is 9.93. The molecule has 0 bridgehead atoms. The predicted octanol–water partition coefficient (Wildman–Crippen LogP) is 6.43. The average Bonchev–Trinajstić information content (AvgIpc) is 2.60. The molecular weight excluding hydrogens is 364 g/mol. The third kappa shape index (κ3) is 13.5. The van der Waals surface area contributed by atoms with E-state index >= 15 is 0 Å². The average molecular weight is 409 g/mol. The van der Waals surface area contributed by atoms with Gasteiger partial charge < -0.3 is 0 Å². The molecule has 0 spiro atoms. The van der Waals surface area contributed by atoms with E-state index in [2.05, 4.69) is 0 Å². The van der Waals surface area contributed by atoms with Gasteiger partial charge in [0.05, 0.1) is 0 Å². The van der Waals surface area contributed by atoms with Crippen molar-refractivity contribution in [2.75, 3.05) is 0 Å². The number of Topliss-reactive ketones (excluding diaryl/α,β-unsaturated/α-hetero) is 4. The van der Waals surface area contributed by atoms with Crippen LogP contribution in [0.3, 0.4) is 0 Å². The normalized spacial score (nSPS) is 12.1. The fourth-order valence-corrected chi connectivity index (χ4v) is 3.22. The molecule has 0 saturated heterocycles. The Labute approximate surface area is 178 Å². The van der Waals surface area contributed by atoms with Crippen molar-refractivity contribution in [2.24, 2.45) is 10.8 Å². The van der Waals surface area contributed by atoms with Crippen LogP contribution >= 0.6 is 0 Å². The molecule has 0 amide bonds. The maximum absolute atomic E-state index is 11.9. The van der Waals surface area contributed by atoms with Gasteiger partial charge >= 0.3 is 0 Å². The monoisotopic (exact) mass is 408 g/mol. The lowest BCUT2D eigenvalue weighted by molar-refractivity contribution is -0.125. The topological polar surface area (TPSA) is 68.3 Å². The number of carbonyl (C=O) groups excluding carboxylic acids is 4. The van der Waals surface area contributed by atoms with Crippen LogP contribution in [0.25, 0.3) is 0 Å². The molecule has 0 aromatic rings. The summed E-state index contributed by atoms with van der Waals surface area (Å²) in [6.07, 6.45) is 10.2. The van der Waals surface area contributed by atoms with Crippen molar-refractivity contribution in [3.63, 3.8) is 0 Å². The lowest BCUT2D eigenvalue weighted by Gasteiger charge is -2.20. The van der Waals surface area contributed by atoms with Gasteiger partial charge in [-0.25, -0.2) is 0 Å². The molecule has 0 fully saturated rings. The molecular formula is C25H44O4. The zero-order valence-electron chi connectivity index (χ0n) is 19.8. The highest BCUT2D eigenvalue weighted by Gasteiger charge is 2.23. The van der Waals surface area contributed by atoms with Crippen molar-refractivity contribution in [1.82, 2.24) is 0 Å². The fraction of sp³-hybridized carbons (Fsp3) is 0.840. The van der Waals surface area contributed by atoms with E-state index in [1.54, 1.807) is 13.8 Å². The molecule has 0 aliphatic carbocycles. The van der Waals surface area contributed by atoms with Gasteiger partial charge in [0, 0.05) is 36.5 Å². The quantitative estimate of drug-likeness (QED) is 0.245. The summed E-state index contributed by atoms with van der Waals surface area (Å²) < 4.78 is 0. The molecule has 0 aliphatic rings. The van der Waals surface area contributed by atoms with Crippen LogP contribution in [-0.4, -0.2) is 23.1 Å². The Morgan fingerprint density at radius 2 is 0.793 bits per heavy atom. The Hall–Kier alpha value is -1.32. The maximum Gasteiger partial charge on any atom is 0.135 e. The van der Waals surface area contributed by atoms with Crippen molar-refractivity contribution < 1.29 is 19.2 Å². The van der Waals surface area contributed by atoms with Crippen molar-refractivity contribution >= 4 is 23.1 Å². The van der Waals surface area contributed by atoms with Gasteiger partial charge in [-0.1, -0.05) is 53.4 Å². The van der Waals surface area contributed by atoms with Crippen LogP contribution in [0.5, 0.6) is 0 Å². The molecule has 29 heavy (non-hydrogen) atoms. The molecule has 0 heterocycles. The fourth-order valence-electron chi connectivity index (χ4n) is 3.22. The van der Waals surface area contributed by atoms with Gasteiger partial charge in [0.1, 0.15) is 23.1 Å². The summed E-state index contributed by atoms with van der Waals surface area (Å²) in [5, 5.41) is 0. The molecule has 0 aromatic heterocycles. The van der Waals surface area contributed by atoms with Crippen LogP contribution in [0.4, 0.5) is 0 Å². The number of rotatable bonds is 18. The standard InChI is InChI=1S/C25H44O4/c1-20(26)24(3,4)18-11-7-9-14-22(28)16-13-17-23(29)15-10-8-12-19-25(5,6)21(2)27/h7-19H2,1-6H3. The molecule has 4 nitrogen and oxygen atoms in total. The van der Waals surface area contributed by atoms with Crippen LogP contribution in [0, 0.1) is 10.8 Å². The Kier molecular flexibility index (Phi) is 13.2. The summed E-state index contributed by atoms with van der Waals surface area (Å²) in [6.45, 7) is 11.2. The Balaban J connectivity index is 3.68. The highest BCUT2D eigenvalue weighted by molar-refractivity contribution is 5.82. The van der Waals surface area contributed by atoms with E-state index < -0.39 is 0 Å². The van der Waals surface area contributed by atoms with Gasteiger partial charge in [-0.2, -0.15) is 0 Å². The minimum absolute atomic E-state index is 0.221. The molecule has 168 valence electrons. The van der Waals surface area contributed by atoms with Gasteiger partial charge in [-0.05, 0) is 46.0 Å². The van der Waals surface area contributed by atoms with E-state index in [9.17, 15) is 19.2 Å². The molecule has 0 aromatic carbocycles. The molecule has 0 radical (unpaired) electrons. The maximum atomic E-state index is 11.9. The second-order valence-electron chi connectivity index (χ2n) is 9.93.